The topological polar surface area (TPSA) is 24.7 Å². The quantitative estimate of drug-likeness (QED) is 0.382. The van der Waals surface area contributed by atoms with Crippen LogP contribution in [0.2, 0.25) is 0 Å². The number of nitrogens with zero attached hydrogens (tertiary/aromatic N) is 2. The zero-order chi connectivity index (χ0) is 16.3. The van der Waals surface area contributed by atoms with E-state index in [4.69, 9.17) is 0 Å². The summed E-state index contributed by atoms with van der Waals surface area (Å²) in [5.41, 5.74) is 3.14. The smallest absolute Gasteiger partial charge is 0.123 e. The first-order valence-corrected chi connectivity index (χ1v) is 7.84. The van der Waals surface area contributed by atoms with E-state index >= 15 is 0 Å². The van der Waals surface area contributed by atoms with Gasteiger partial charge in [0.05, 0.1) is 12.4 Å². The van der Waals surface area contributed by atoms with Gasteiger partial charge in [0.15, 0.2) is 0 Å². The molecule has 2 rings (SSSR count). The van der Waals surface area contributed by atoms with E-state index in [9.17, 15) is 4.39 Å². The van der Waals surface area contributed by atoms with Crippen molar-refractivity contribution in [3.8, 4) is 0 Å². The molecule has 0 saturated heterocycles. The summed E-state index contributed by atoms with van der Waals surface area (Å²) in [6.45, 7) is 2.14. The van der Waals surface area contributed by atoms with Gasteiger partial charge in [-0.05, 0) is 48.1 Å². The number of benzene rings is 2. The molecule has 0 aliphatic carbocycles. The predicted octanol–water partition coefficient (Wildman–Crippen LogP) is 5.18. The van der Waals surface area contributed by atoms with E-state index in [-0.39, 0.29) is 5.82 Å². The van der Waals surface area contributed by atoms with Gasteiger partial charge in [0.25, 0.3) is 0 Å². The largest absolute Gasteiger partial charge is 0.207 e. The van der Waals surface area contributed by atoms with Gasteiger partial charge in [-0.2, -0.15) is 10.2 Å². The third-order valence-electron chi connectivity index (χ3n) is 3.33. The Morgan fingerprint density at radius 1 is 0.826 bits per heavy atom. The Hall–Kier alpha value is -2.55. The summed E-state index contributed by atoms with van der Waals surface area (Å²) in [4.78, 5) is 0. The molecule has 0 fully saturated rings. The van der Waals surface area contributed by atoms with Crippen LogP contribution in [0.5, 0.6) is 0 Å². The monoisotopic (exact) mass is 308 g/mol. The molecule has 0 heterocycles. The Labute approximate surface area is 137 Å². The molecule has 0 aromatic heterocycles. The lowest BCUT2D eigenvalue weighted by molar-refractivity contribution is 0.628. The first-order chi connectivity index (χ1) is 11.3. The Kier molecular flexibility index (Phi) is 6.92. The Morgan fingerprint density at radius 3 is 1.96 bits per heavy atom. The lowest BCUT2D eigenvalue weighted by Crippen LogP contribution is -1.86. The summed E-state index contributed by atoms with van der Waals surface area (Å²) < 4.78 is 12.8. The molecule has 0 unspecified atom stereocenters. The molecular weight excluding hydrogens is 287 g/mol. The van der Waals surface area contributed by atoms with Gasteiger partial charge >= 0.3 is 0 Å². The van der Waals surface area contributed by atoms with Crippen molar-refractivity contribution in [2.75, 3.05) is 0 Å². The summed E-state index contributed by atoms with van der Waals surface area (Å²) in [5.74, 6) is -0.254. The molecule has 23 heavy (non-hydrogen) atoms. The van der Waals surface area contributed by atoms with E-state index in [1.807, 2.05) is 12.1 Å². The van der Waals surface area contributed by atoms with E-state index in [0.29, 0.717) is 0 Å². The van der Waals surface area contributed by atoms with Crippen LogP contribution in [0.25, 0.3) is 0 Å². The maximum absolute atomic E-state index is 12.8. The molecule has 0 N–H and O–H groups in total. The van der Waals surface area contributed by atoms with Crippen LogP contribution < -0.4 is 0 Å². The Balaban J connectivity index is 1.85. The molecule has 118 valence electrons. The normalized spacial score (nSPS) is 11.9. The minimum Gasteiger partial charge on any atom is -0.207 e. The molecule has 0 saturated carbocycles. The van der Waals surface area contributed by atoms with Crippen molar-refractivity contribution in [3.63, 3.8) is 0 Å². The van der Waals surface area contributed by atoms with Crippen LogP contribution >= 0.6 is 0 Å². The minimum absolute atomic E-state index is 0.254. The molecule has 0 aliphatic heterocycles. The van der Waals surface area contributed by atoms with Crippen LogP contribution in [0.1, 0.15) is 36.5 Å². The van der Waals surface area contributed by atoms with Crippen LogP contribution in [0.3, 0.4) is 0 Å². The second-order valence-corrected chi connectivity index (χ2v) is 5.20. The summed E-state index contributed by atoms with van der Waals surface area (Å²) in [6.07, 6.45) is 10.9. The standard InChI is InChI=1S/C20H21FN2/c1-2-3-4-5-6-17-7-9-18(10-8-17)15-22-23-16-19-11-13-20(21)14-12-19/h3-4,7-16H,2,5-6H2,1H3/b4-3+,22-15+,23-16+. The highest BCUT2D eigenvalue weighted by molar-refractivity contribution is 5.82. The van der Waals surface area contributed by atoms with Crippen LogP contribution in [0.15, 0.2) is 70.9 Å². The van der Waals surface area contributed by atoms with Crippen molar-refractivity contribution in [2.24, 2.45) is 10.2 Å². The fraction of sp³-hybridized carbons (Fsp3) is 0.200. The van der Waals surface area contributed by atoms with Crippen molar-refractivity contribution in [3.05, 3.63) is 83.2 Å². The second-order valence-electron chi connectivity index (χ2n) is 5.20. The minimum atomic E-state index is -0.254. The highest BCUT2D eigenvalue weighted by atomic mass is 19.1. The van der Waals surface area contributed by atoms with Crippen molar-refractivity contribution in [1.29, 1.82) is 0 Å². The van der Waals surface area contributed by atoms with E-state index in [1.165, 1.54) is 17.7 Å². The van der Waals surface area contributed by atoms with Crippen molar-refractivity contribution in [2.45, 2.75) is 26.2 Å². The van der Waals surface area contributed by atoms with Crippen LogP contribution in [0.4, 0.5) is 4.39 Å². The number of halogens is 1. The van der Waals surface area contributed by atoms with E-state index in [1.54, 1.807) is 24.6 Å². The van der Waals surface area contributed by atoms with Gasteiger partial charge < -0.3 is 0 Å². The van der Waals surface area contributed by atoms with Crippen molar-refractivity contribution in [1.82, 2.24) is 0 Å². The van der Waals surface area contributed by atoms with E-state index in [0.717, 1.165) is 30.4 Å². The summed E-state index contributed by atoms with van der Waals surface area (Å²) >= 11 is 0. The van der Waals surface area contributed by atoms with Crippen molar-refractivity contribution >= 4 is 12.4 Å². The molecule has 0 atom stereocenters. The van der Waals surface area contributed by atoms with Crippen LogP contribution in [-0.4, -0.2) is 12.4 Å². The molecule has 2 nitrogen and oxygen atoms in total. The fourth-order valence-corrected chi connectivity index (χ4v) is 2.05. The summed E-state index contributed by atoms with van der Waals surface area (Å²) in [6, 6.07) is 14.4. The van der Waals surface area contributed by atoms with Gasteiger partial charge in [0.1, 0.15) is 5.82 Å². The molecular formula is C20H21FN2. The van der Waals surface area contributed by atoms with Crippen molar-refractivity contribution < 1.29 is 4.39 Å². The van der Waals surface area contributed by atoms with Gasteiger partial charge in [0, 0.05) is 0 Å². The van der Waals surface area contributed by atoms with E-state index < -0.39 is 0 Å². The third kappa shape index (κ3) is 6.39. The number of hydrogen-bond donors (Lipinski definition) is 0. The highest BCUT2D eigenvalue weighted by Crippen LogP contribution is 2.06. The highest BCUT2D eigenvalue weighted by Gasteiger charge is 1.92. The number of aryl methyl sites for hydroxylation is 1. The Morgan fingerprint density at radius 2 is 1.39 bits per heavy atom. The van der Waals surface area contributed by atoms with Gasteiger partial charge in [-0.25, -0.2) is 4.39 Å². The van der Waals surface area contributed by atoms with Gasteiger partial charge in [-0.1, -0.05) is 55.5 Å². The SMILES string of the molecule is CC/C=C/CCc1ccc(/C=N/N=C/c2ccc(F)cc2)cc1. The van der Waals surface area contributed by atoms with Crippen LogP contribution in [-0.2, 0) is 6.42 Å². The summed E-state index contributed by atoms with van der Waals surface area (Å²) in [7, 11) is 0. The first-order valence-electron chi connectivity index (χ1n) is 7.84. The molecule has 3 heteroatoms. The molecule has 0 radical (unpaired) electrons. The fourth-order valence-electron chi connectivity index (χ4n) is 2.05. The average molecular weight is 308 g/mol. The maximum Gasteiger partial charge on any atom is 0.123 e. The van der Waals surface area contributed by atoms with E-state index in [2.05, 4.69) is 41.4 Å². The van der Waals surface area contributed by atoms with Gasteiger partial charge in [-0.15, -0.1) is 0 Å². The van der Waals surface area contributed by atoms with Gasteiger partial charge in [-0.3, -0.25) is 0 Å². The Bertz CT molecular complexity index is 668. The van der Waals surface area contributed by atoms with Crippen LogP contribution in [0, 0.1) is 5.82 Å². The predicted molar refractivity (Wildman–Crippen MR) is 95.8 cm³/mol. The molecule has 0 bridgehead atoms. The number of rotatable bonds is 7. The average Bonchev–Trinajstić information content (AvgIpc) is 2.58. The van der Waals surface area contributed by atoms with Gasteiger partial charge in [0.2, 0.25) is 0 Å². The lowest BCUT2D eigenvalue weighted by Gasteiger charge is -1.99. The number of allylic oxidation sites excluding steroid dienone is 2. The zero-order valence-electron chi connectivity index (χ0n) is 13.3. The maximum atomic E-state index is 12.8. The zero-order valence-corrected chi connectivity index (χ0v) is 13.3. The second kappa shape index (κ2) is 9.46. The molecule has 2 aromatic rings. The number of hydrogen-bond acceptors (Lipinski definition) is 2. The molecule has 0 spiro atoms. The molecule has 0 amide bonds. The molecule has 0 aliphatic rings. The molecule has 2 aromatic carbocycles. The first kappa shape index (κ1) is 16.8. The third-order valence-corrected chi connectivity index (χ3v) is 3.33. The summed E-state index contributed by atoms with van der Waals surface area (Å²) in [5, 5.41) is 7.99. The lowest BCUT2D eigenvalue weighted by atomic mass is 10.1.